The predicted molar refractivity (Wildman–Crippen MR) is 77.1 cm³/mol. The minimum atomic E-state index is -0.230. The molecule has 0 bridgehead atoms. The van der Waals surface area contributed by atoms with Crippen LogP contribution in [0.2, 0.25) is 0 Å². The fraction of sp³-hybridized carbons (Fsp3) is 0.692. The second-order valence-corrected chi connectivity index (χ2v) is 6.69. The van der Waals surface area contributed by atoms with Crippen LogP contribution in [0.15, 0.2) is 0 Å². The van der Waals surface area contributed by atoms with Gasteiger partial charge in [-0.3, -0.25) is 4.79 Å². The molecule has 1 aromatic heterocycles. The summed E-state index contributed by atoms with van der Waals surface area (Å²) >= 11 is 1.46. The SMILES string of the molecule is Cc1nc(N2CCOCC2)sc1C(=O)NC(C)(C)C. The first-order valence-electron chi connectivity index (χ1n) is 6.49. The van der Waals surface area contributed by atoms with Gasteiger partial charge in [0.1, 0.15) is 4.88 Å². The molecule has 0 atom stereocenters. The third-order valence-corrected chi connectivity index (χ3v) is 3.98. The van der Waals surface area contributed by atoms with Crippen LogP contribution in [-0.4, -0.2) is 42.7 Å². The van der Waals surface area contributed by atoms with Crippen molar-refractivity contribution in [2.75, 3.05) is 31.2 Å². The van der Waals surface area contributed by atoms with E-state index in [1.165, 1.54) is 11.3 Å². The molecule has 1 aliphatic heterocycles. The molecule has 1 N–H and O–H groups in total. The van der Waals surface area contributed by atoms with E-state index < -0.39 is 0 Å². The van der Waals surface area contributed by atoms with E-state index in [0.29, 0.717) is 4.88 Å². The maximum absolute atomic E-state index is 12.2. The molecule has 1 aromatic rings. The number of morpholine rings is 1. The predicted octanol–water partition coefficient (Wildman–Crippen LogP) is 1.82. The van der Waals surface area contributed by atoms with Gasteiger partial charge in [0.2, 0.25) is 0 Å². The van der Waals surface area contributed by atoms with Gasteiger partial charge < -0.3 is 15.0 Å². The Morgan fingerprint density at radius 2 is 2.00 bits per heavy atom. The normalized spacial score (nSPS) is 16.5. The number of thiazole rings is 1. The summed E-state index contributed by atoms with van der Waals surface area (Å²) in [6, 6.07) is 0. The monoisotopic (exact) mass is 283 g/mol. The molecule has 19 heavy (non-hydrogen) atoms. The molecular weight excluding hydrogens is 262 g/mol. The summed E-state index contributed by atoms with van der Waals surface area (Å²) in [7, 11) is 0. The zero-order valence-corrected chi connectivity index (χ0v) is 12.8. The lowest BCUT2D eigenvalue weighted by molar-refractivity contribution is 0.0923. The summed E-state index contributed by atoms with van der Waals surface area (Å²) in [6.45, 7) is 10.9. The van der Waals surface area contributed by atoms with Crippen LogP contribution >= 0.6 is 11.3 Å². The van der Waals surface area contributed by atoms with Gasteiger partial charge in [-0.05, 0) is 27.7 Å². The van der Waals surface area contributed by atoms with Gasteiger partial charge in [-0.25, -0.2) is 4.98 Å². The molecule has 0 spiro atoms. The number of anilines is 1. The highest BCUT2D eigenvalue weighted by Crippen LogP contribution is 2.27. The molecular formula is C13H21N3O2S. The highest BCUT2D eigenvalue weighted by Gasteiger charge is 2.22. The topological polar surface area (TPSA) is 54.5 Å². The van der Waals surface area contributed by atoms with E-state index in [-0.39, 0.29) is 11.4 Å². The molecule has 2 rings (SSSR count). The highest BCUT2D eigenvalue weighted by molar-refractivity contribution is 7.17. The van der Waals surface area contributed by atoms with E-state index in [2.05, 4.69) is 15.2 Å². The van der Waals surface area contributed by atoms with Gasteiger partial charge in [0.05, 0.1) is 18.9 Å². The molecule has 0 aromatic carbocycles. The number of ether oxygens (including phenoxy) is 1. The van der Waals surface area contributed by atoms with Crippen molar-refractivity contribution in [2.45, 2.75) is 33.2 Å². The van der Waals surface area contributed by atoms with Crippen molar-refractivity contribution in [3.05, 3.63) is 10.6 Å². The van der Waals surface area contributed by atoms with Crippen molar-refractivity contribution in [3.63, 3.8) is 0 Å². The first kappa shape index (κ1) is 14.3. The van der Waals surface area contributed by atoms with Crippen molar-refractivity contribution in [2.24, 2.45) is 0 Å². The molecule has 1 amide bonds. The van der Waals surface area contributed by atoms with Gasteiger partial charge in [0.25, 0.3) is 5.91 Å². The quantitative estimate of drug-likeness (QED) is 0.899. The van der Waals surface area contributed by atoms with Crippen LogP contribution < -0.4 is 10.2 Å². The third-order valence-electron chi connectivity index (χ3n) is 2.76. The maximum Gasteiger partial charge on any atom is 0.263 e. The Labute approximate surface area is 118 Å². The first-order chi connectivity index (χ1) is 8.87. The van der Waals surface area contributed by atoms with Crippen LogP contribution in [0.1, 0.15) is 36.1 Å². The smallest absolute Gasteiger partial charge is 0.263 e. The Morgan fingerprint density at radius 1 is 1.37 bits per heavy atom. The Kier molecular flexibility index (Phi) is 4.10. The second kappa shape index (κ2) is 5.46. The van der Waals surface area contributed by atoms with E-state index in [1.54, 1.807) is 0 Å². The summed E-state index contributed by atoms with van der Waals surface area (Å²) in [5, 5.41) is 3.90. The van der Waals surface area contributed by atoms with Crippen LogP contribution in [0.3, 0.4) is 0 Å². The number of rotatable bonds is 2. The maximum atomic E-state index is 12.2. The number of aryl methyl sites for hydroxylation is 1. The lowest BCUT2D eigenvalue weighted by atomic mass is 10.1. The Hall–Kier alpha value is -1.14. The molecule has 1 aliphatic rings. The lowest BCUT2D eigenvalue weighted by Gasteiger charge is -2.26. The van der Waals surface area contributed by atoms with Gasteiger partial charge in [0, 0.05) is 18.6 Å². The van der Waals surface area contributed by atoms with Gasteiger partial charge in [-0.2, -0.15) is 0 Å². The van der Waals surface area contributed by atoms with E-state index in [9.17, 15) is 4.79 Å². The van der Waals surface area contributed by atoms with E-state index in [4.69, 9.17) is 4.74 Å². The molecule has 1 fully saturated rings. The number of hydrogen-bond acceptors (Lipinski definition) is 5. The molecule has 0 radical (unpaired) electrons. The van der Waals surface area contributed by atoms with Gasteiger partial charge in [-0.15, -0.1) is 0 Å². The van der Waals surface area contributed by atoms with E-state index in [0.717, 1.165) is 37.1 Å². The van der Waals surface area contributed by atoms with Crippen LogP contribution in [0, 0.1) is 6.92 Å². The molecule has 106 valence electrons. The van der Waals surface area contributed by atoms with Crippen LogP contribution in [-0.2, 0) is 4.74 Å². The summed E-state index contributed by atoms with van der Waals surface area (Å²) in [5.41, 5.74) is 0.570. The lowest BCUT2D eigenvalue weighted by Crippen LogP contribution is -2.40. The molecule has 5 nitrogen and oxygen atoms in total. The van der Waals surface area contributed by atoms with E-state index in [1.807, 2.05) is 27.7 Å². The molecule has 0 aliphatic carbocycles. The average Bonchev–Trinajstić information content (AvgIpc) is 2.70. The molecule has 6 heteroatoms. The van der Waals surface area contributed by atoms with Crippen LogP contribution in [0.5, 0.6) is 0 Å². The Morgan fingerprint density at radius 3 is 2.58 bits per heavy atom. The zero-order chi connectivity index (χ0) is 14.0. The Bertz CT molecular complexity index is 459. The minimum Gasteiger partial charge on any atom is -0.378 e. The van der Waals surface area contributed by atoms with Crippen molar-refractivity contribution < 1.29 is 9.53 Å². The fourth-order valence-corrected chi connectivity index (χ4v) is 2.89. The van der Waals surface area contributed by atoms with Gasteiger partial charge in [-0.1, -0.05) is 11.3 Å². The third kappa shape index (κ3) is 3.67. The zero-order valence-electron chi connectivity index (χ0n) is 11.9. The molecule has 0 saturated carbocycles. The average molecular weight is 283 g/mol. The summed E-state index contributed by atoms with van der Waals surface area (Å²) < 4.78 is 5.33. The molecule has 2 heterocycles. The van der Waals surface area contributed by atoms with Crippen molar-refractivity contribution >= 4 is 22.4 Å². The molecule has 1 saturated heterocycles. The Balaban J connectivity index is 2.14. The van der Waals surface area contributed by atoms with Crippen molar-refractivity contribution in [3.8, 4) is 0 Å². The van der Waals surface area contributed by atoms with E-state index >= 15 is 0 Å². The van der Waals surface area contributed by atoms with Crippen molar-refractivity contribution in [1.29, 1.82) is 0 Å². The molecule has 0 unspecified atom stereocenters. The van der Waals surface area contributed by atoms with Crippen LogP contribution in [0.25, 0.3) is 0 Å². The number of aromatic nitrogens is 1. The standard InChI is InChI=1S/C13H21N3O2S/c1-9-10(11(17)15-13(2,3)4)19-12(14-9)16-5-7-18-8-6-16/h5-8H2,1-4H3,(H,15,17). The summed E-state index contributed by atoms with van der Waals surface area (Å²) in [6.07, 6.45) is 0. The highest BCUT2D eigenvalue weighted by atomic mass is 32.1. The number of nitrogens with one attached hydrogen (secondary N) is 1. The van der Waals surface area contributed by atoms with Gasteiger partial charge >= 0.3 is 0 Å². The number of carbonyl (C=O) groups excluding carboxylic acids is 1. The van der Waals surface area contributed by atoms with Crippen LogP contribution in [0.4, 0.5) is 5.13 Å². The largest absolute Gasteiger partial charge is 0.378 e. The van der Waals surface area contributed by atoms with Crippen molar-refractivity contribution in [1.82, 2.24) is 10.3 Å². The first-order valence-corrected chi connectivity index (χ1v) is 7.31. The second-order valence-electron chi connectivity index (χ2n) is 5.71. The fourth-order valence-electron chi connectivity index (χ4n) is 1.88. The number of amides is 1. The summed E-state index contributed by atoms with van der Waals surface area (Å²) in [5.74, 6) is -0.0398. The summed E-state index contributed by atoms with van der Waals surface area (Å²) in [4.78, 5) is 19.6. The number of hydrogen-bond donors (Lipinski definition) is 1. The minimum absolute atomic E-state index is 0.0398. The van der Waals surface area contributed by atoms with Gasteiger partial charge in [0.15, 0.2) is 5.13 Å². The number of nitrogens with zero attached hydrogens (tertiary/aromatic N) is 2. The number of carbonyl (C=O) groups is 1.